The van der Waals surface area contributed by atoms with Gasteiger partial charge < -0.3 is 14.5 Å². The fraction of sp³-hybridized carbons (Fsp3) is 0.192. The first kappa shape index (κ1) is 21.3. The number of benzene rings is 2. The Morgan fingerprint density at radius 2 is 1.84 bits per heavy atom. The molecule has 162 valence electrons. The van der Waals surface area contributed by atoms with E-state index < -0.39 is 0 Å². The Kier molecular flexibility index (Phi) is 6.03. The standard InChI is InChI=1S/C26H25N3O3/c1-16(2)18-9-6-11-20(14-18)28-26-21(25(30)29-23-13-5-8-17(3)27-23)15-19-10-7-12-22(31-4)24(19)32-26/h5-16H,1-4H3,(H,27,29,30). The lowest BCUT2D eigenvalue weighted by Gasteiger charge is -2.09. The summed E-state index contributed by atoms with van der Waals surface area (Å²) in [4.78, 5) is 22.3. The molecular formula is C26H25N3O3. The Hall–Kier alpha value is -3.93. The number of aromatic nitrogens is 1. The molecule has 2 aromatic heterocycles. The van der Waals surface area contributed by atoms with E-state index in [0.717, 1.165) is 16.6 Å². The summed E-state index contributed by atoms with van der Waals surface area (Å²) in [6.07, 6.45) is 0. The third-order valence-electron chi connectivity index (χ3n) is 5.10. The zero-order chi connectivity index (χ0) is 22.7. The van der Waals surface area contributed by atoms with Crippen molar-refractivity contribution in [2.75, 3.05) is 12.4 Å². The second-order valence-electron chi connectivity index (χ2n) is 7.82. The van der Waals surface area contributed by atoms with E-state index in [1.807, 2.05) is 55.5 Å². The number of ether oxygens (including phenoxy) is 1. The molecule has 2 heterocycles. The first-order chi connectivity index (χ1) is 15.4. The van der Waals surface area contributed by atoms with Gasteiger partial charge in [-0.15, -0.1) is 0 Å². The third kappa shape index (κ3) is 4.54. The summed E-state index contributed by atoms with van der Waals surface area (Å²) in [5.74, 6) is 1.04. The molecule has 1 amide bonds. The summed E-state index contributed by atoms with van der Waals surface area (Å²) in [7, 11) is 1.58. The number of carbonyl (C=O) groups is 1. The molecule has 0 aliphatic carbocycles. The van der Waals surface area contributed by atoms with Crippen molar-refractivity contribution in [3.63, 3.8) is 0 Å². The van der Waals surface area contributed by atoms with Gasteiger partial charge in [0.1, 0.15) is 11.4 Å². The molecule has 0 atom stereocenters. The molecular weight excluding hydrogens is 402 g/mol. The molecule has 0 radical (unpaired) electrons. The second-order valence-corrected chi connectivity index (χ2v) is 7.82. The van der Waals surface area contributed by atoms with Crippen molar-refractivity contribution < 1.29 is 13.9 Å². The van der Waals surface area contributed by atoms with E-state index in [1.54, 1.807) is 19.2 Å². The van der Waals surface area contributed by atoms with Crippen LogP contribution < -0.4 is 15.6 Å². The van der Waals surface area contributed by atoms with Crippen LogP contribution in [0.2, 0.25) is 0 Å². The van der Waals surface area contributed by atoms with Crippen molar-refractivity contribution in [2.45, 2.75) is 26.7 Å². The van der Waals surface area contributed by atoms with Crippen LogP contribution in [0.3, 0.4) is 0 Å². The molecule has 4 aromatic rings. The van der Waals surface area contributed by atoms with E-state index in [0.29, 0.717) is 34.3 Å². The van der Waals surface area contributed by atoms with Gasteiger partial charge in [0.25, 0.3) is 5.91 Å². The molecule has 2 aromatic carbocycles. The van der Waals surface area contributed by atoms with Gasteiger partial charge in [0.2, 0.25) is 5.55 Å². The highest BCUT2D eigenvalue weighted by Gasteiger charge is 2.16. The number of methoxy groups -OCH3 is 1. The maximum atomic E-state index is 13.2. The summed E-state index contributed by atoms with van der Waals surface area (Å²) >= 11 is 0. The Labute approximate surface area is 186 Å². The molecule has 6 heteroatoms. The molecule has 0 bridgehead atoms. The monoisotopic (exact) mass is 427 g/mol. The zero-order valence-corrected chi connectivity index (χ0v) is 18.5. The van der Waals surface area contributed by atoms with E-state index >= 15 is 0 Å². The molecule has 0 aliphatic rings. The van der Waals surface area contributed by atoms with Crippen LogP contribution in [-0.2, 0) is 0 Å². The maximum absolute atomic E-state index is 13.2. The summed E-state index contributed by atoms with van der Waals surface area (Å²) in [5.41, 5.74) is 3.71. The number of anilines is 1. The van der Waals surface area contributed by atoms with Crippen molar-refractivity contribution in [1.82, 2.24) is 4.98 Å². The molecule has 0 saturated carbocycles. The predicted molar refractivity (Wildman–Crippen MR) is 125 cm³/mol. The molecule has 0 unspecified atom stereocenters. The van der Waals surface area contributed by atoms with Gasteiger partial charge in [0.05, 0.1) is 12.8 Å². The van der Waals surface area contributed by atoms with Crippen LogP contribution in [0, 0.1) is 6.92 Å². The van der Waals surface area contributed by atoms with E-state index in [9.17, 15) is 4.79 Å². The number of aryl methyl sites for hydroxylation is 1. The number of carbonyl (C=O) groups excluding carboxylic acids is 1. The van der Waals surface area contributed by atoms with Crippen LogP contribution in [-0.4, -0.2) is 18.0 Å². The van der Waals surface area contributed by atoms with Crippen molar-refractivity contribution in [1.29, 1.82) is 0 Å². The molecule has 32 heavy (non-hydrogen) atoms. The third-order valence-corrected chi connectivity index (χ3v) is 5.10. The molecule has 1 N–H and O–H groups in total. The molecule has 6 nitrogen and oxygen atoms in total. The Balaban J connectivity index is 1.88. The van der Waals surface area contributed by atoms with Gasteiger partial charge >= 0.3 is 0 Å². The van der Waals surface area contributed by atoms with Crippen molar-refractivity contribution in [3.8, 4) is 5.75 Å². The summed E-state index contributed by atoms with van der Waals surface area (Å²) < 4.78 is 11.6. The van der Waals surface area contributed by atoms with Crippen LogP contribution >= 0.6 is 0 Å². The van der Waals surface area contributed by atoms with Gasteiger partial charge in [-0.1, -0.05) is 44.2 Å². The van der Waals surface area contributed by atoms with E-state index in [1.165, 1.54) is 0 Å². The lowest BCUT2D eigenvalue weighted by Crippen LogP contribution is -2.22. The van der Waals surface area contributed by atoms with Crippen LogP contribution in [0.5, 0.6) is 5.75 Å². The highest BCUT2D eigenvalue weighted by Crippen LogP contribution is 2.26. The van der Waals surface area contributed by atoms with Gasteiger partial charge in [-0.3, -0.25) is 4.79 Å². The van der Waals surface area contributed by atoms with Crippen LogP contribution in [0.4, 0.5) is 11.5 Å². The minimum absolute atomic E-state index is 0.202. The van der Waals surface area contributed by atoms with Crippen molar-refractivity contribution in [2.24, 2.45) is 4.99 Å². The quantitative estimate of drug-likeness (QED) is 0.440. The van der Waals surface area contributed by atoms with Gasteiger partial charge in [0, 0.05) is 11.1 Å². The number of hydrogen-bond acceptors (Lipinski definition) is 5. The van der Waals surface area contributed by atoms with Gasteiger partial charge in [-0.25, -0.2) is 9.98 Å². The van der Waals surface area contributed by atoms with Crippen molar-refractivity contribution >= 4 is 28.4 Å². The number of amides is 1. The van der Waals surface area contributed by atoms with Gasteiger partial charge in [-0.2, -0.15) is 0 Å². The summed E-state index contributed by atoms with van der Waals surface area (Å²) in [5, 5.41) is 3.58. The predicted octanol–water partition coefficient (Wildman–Crippen LogP) is 5.75. The van der Waals surface area contributed by atoms with E-state index in [-0.39, 0.29) is 11.5 Å². The minimum Gasteiger partial charge on any atom is -0.493 e. The average Bonchev–Trinajstić information content (AvgIpc) is 2.78. The molecule has 0 saturated heterocycles. The topological polar surface area (TPSA) is 76.7 Å². The van der Waals surface area contributed by atoms with Gasteiger partial charge in [0.15, 0.2) is 11.3 Å². The summed E-state index contributed by atoms with van der Waals surface area (Å²) in [6.45, 7) is 6.12. The average molecular weight is 428 g/mol. The zero-order valence-electron chi connectivity index (χ0n) is 18.5. The van der Waals surface area contributed by atoms with Crippen LogP contribution in [0.15, 0.2) is 76.1 Å². The van der Waals surface area contributed by atoms with Crippen LogP contribution in [0.1, 0.15) is 41.4 Å². The molecule has 0 spiro atoms. The first-order valence-electron chi connectivity index (χ1n) is 10.4. The van der Waals surface area contributed by atoms with Gasteiger partial charge in [-0.05, 0) is 54.8 Å². The molecule has 0 fully saturated rings. The number of para-hydroxylation sites is 1. The first-order valence-corrected chi connectivity index (χ1v) is 10.4. The number of pyridine rings is 1. The van der Waals surface area contributed by atoms with Crippen molar-refractivity contribution in [3.05, 3.63) is 89.1 Å². The highest BCUT2D eigenvalue weighted by atomic mass is 16.5. The summed E-state index contributed by atoms with van der Waals surface area (Å²) in [6, 6.07) is 20.6. The number of rotatable bonds is 5. The SMILES string of the molecule is COc1cccc2cc(C(=O)Nc3cccc(C)n3)c(=Nc3cccc(C(C)C)c3)oc12. The minimum atomic E-state index is -0.352. The number of hydrogen-bond donors (Lipinski definition) is 1. The molecule has 0 aliphatic heterocycles. The van der Waals surface area contributed by atoms with E-state index in [4.69, 9.17) is 9.15 Å². The Morgan fingerprint density at radius 1 is 1.06 bits per heavy atom. The normalized spacial score (nSPS) is 11.7. The van der Waals surface area contributed by atoms with E-state index in [2.05, 4.69) is 35.2 Å². The lowest BCUT2D eigenvalue weighted by molar-refractivity contribution is 0.102. The van der Waals surface area contributed by atoms with Crippen LogP contribution in [0.25, 0.3) is 11.0 Å². The largest absolute Gasteiger partial charge is 0.493 e. The number of nitrogens with one attached hydrogen (secondary N) is 1. The fourth-order valence-corrected chi connectivity index (χ4v) is 3.40. The molecule has 4 rings (SSSR count). The number of fused-ring (bicyclic) bond motifs is 1. The Morgan fingerprint density at radius 3 is 2.59 bits per heavy atom. The smallest absolute Gasteiger partial charge is 0.262 e. The fourth-order valence-electron chi connectivity index (χ4n) is 3.40. The lowest BCUT2D eigenvalue weighted by atomic mass is 10.0. The Bertz CT molecular complexity index is 1360. The maximum Gasteiger partial charge on any atom is 0.262 e. The number of nitrogens with zero attached hydrogens (tertiary/aromatic N) is 2. The highest BCUT2D eigenvalue weighted by molar-refractivity contribution is 6.05. The second kappa shape index (κ2) is 9.06.